The molecule has 1 aromatic carbocycles. The van der Waals surface area contributed by atoms with Crippen LogP contribution in [-0.2, 0) is 0 Å². The molecule has 1 aromatic heterocycles. The van der Waals surface area contributed by atoms with Crippen molar-refractivity contribution >= 4 is 40.8 Å². The zero-order valence-electron chi connectivity index (χ0n) is 7.61. The second kappa shape index (κ2) is 4.39. The second-order valence-corrected chi connectivity index (χ2v) is 4.73. The van der Waals surface area contributed by atoms with Crippen molar-refractivity contribution in [3.05, 3.63) is 41.3 Å². The molecule has 0 aliphatic rings. The zero-order chi connectivity index (χ0) is 10.8. The molecule has 4 heteroatoms. The lowest BCUT2D eigenvalue weighted by Gasteiger charge is -1.99. The summed E-state index contributed by atoms with van der Waals surface area (Å²) in [6.45, 7) is 0. The van der Waals surface area contributed by atoms with Gasteiger partial charge in [0.05, 0.1) is 0 Å². The van der Waals surface area contributed by atoms with Crippen molar-refractivity contribution in [2.45, 2.75) is 4.90 Å². The first-order chi connectivity index (χ1) is 7.18. The maximum atomic E-state index is 10.9. The number of carbonyl (C=O) groups is 1. The standard InChI is InChI=1S/C11H7ClOS2/c12-11(13)7-5-10(15-6-7)8-3-1-2-4-9(8)14/h1-6,14H. The van der Waals surface area contributed by atoms with Crippen molar-refractivity contribution < 1.29 is 4.79 Å². The molecule has 1 nitrogen and oxygen atoms in total. The highest BCUT2D eigenvalue weighted by Crippen LogP contribution is 2.32. The fourth-order valence-corrected chi connectivity index (χ4v) is 2.72. The maximum absolute atomic E-state index is 10.9. The number of thiophene rings is 1. The van der Waals surface area contributed by atoms with Crippen LogP contribution >= 0.6 is 35.6 Å². The molecular formula is C11H7ClOS2. The van der Waals surface area contributed by atoms with Crippen molar-refractivity contribution in [2.24, 2.45) is 0 Å². The predicted octanol–water partition coefficient (Wildman–Crippen LogP) is 4.08. The van der Waals surface area contributed by atoms with E-state index < -0.39 is 5.24 Å². The summed E-state index contributed by atoms with van der Waals surface area (Å²) in [5.41, 5.74) is 1.56. The van der Waals surface area contributed by atoms with Crippen molar-refractivity contribution in [3.8, 4) is 10.4 Å². The fraction of sp³-hybridized carbons (Fsp3) is 0. The highest BCUT2D eigenvalue weighted by molar-refractivity contribution is 7.80. The summed E-state index contributed by atoms with van der Waals surface area (Å²) < 4.78 is 0. The molecule has 0 saturated carbocycles. The number of hydrogen-bond donors (Lipinski definition) is 1. The quantitative estimate of drug-likeness (QED) is 0.631. The van der Waals surface area contributed by atoms with Gasteiger partial charge in [0.15, 0.2) is 0 Å². The monoisotopic (exact) mass is 254 g/mol. The molecule has 15 heavy (non-hydrogen) atoms. The lowest BCUT2D eigenvalue weighted by molar-refractivity contribution is 0.108. The third-order valence-electron chi connectivity index (χ3n) is 2.00. The van der Waals surface area contributed by atoms with E-state index in [2.05, 4.69) is 12.6 Å². The molecular weight excluding hydrogens is 248 g/mol. The van der Waals surface area contributed by atoms with Gasteiger partial charge in [-0.1, -0.05) is 18.2 Å². The van der Waals surface area contributed by atoms with Gasteiger partial charge in [-0.3, -0.25) is 4.79 Å². The molecule has 0 unspecified atom stereocenters. The molecule has 0 fully saturated rings. The average Bonchev–Trinajstić information content (AvgIpc) is 2.67. The average molecular weight is 255 g/mol. The molecule has 0 aliphatic carbocycles. The first kappa shape index (κ1) is 10.7. The van der Waals surface area contributed by atoms with Crippen molar-refractivity contribution in [1.29, 1.82) is 0 Å². The van der Waals surface area contributed by atoms with E-state index in [9.17, 15) is 4.79 Å². The molecule has 76 valence electrons. The van der Waals surface area contributed by atoms with E-state index in [0.717, 1.165) is 15.3 Å². The van der Waals surface area contributed by atoms with Gasteiger partial charge in [0.1, 0.15) is 0 Å². The minimum Gasteiger partial charge on any atom is -0.276 e. The molecule has 2 rings (SSSR count). The first-order valence-electron chi connectivity index (χ1n) is 4.25. The summed E-state index contributed by atoms with van der Waals surface area (Å²) in [5, 5.41) is 1.33. The van der Waals surface area contributed by atoms with Crippen LogP contribution in [0.25, 0.3) is 10.4 Å². The van der Waals surface area contributed by atoms with Gasteiger partial charge < -0.3 is 0 Å². The molecule has 0 amide bonds. The van der Waals surface area contributed by atoms with Crippen molar-refractivity contribution in [1.82, 2.24) is 0 Å². The Bertz CT molecular complexity index is 505. The summed E-state index contributed by atoms with van der Waals surface area (Å²) in [6.07, 6.45) is 0. The van der Waals surface area contributed by atoms with Crippen LogP contribution in [0, 0.1) is 0 Å². The van der Waals surface area contributed by atoms with Gasteiger partial charge >= 0.3 is 0 Å². The Labute approximate surface area is 102 Å². The SMILES string of the molecule is O=C(Cl)c1csc(-c2ccccc2S)c1. The Morgan fingerprint density at radius 1 is 1.33 bits per heavy atom. The summed E-state index contributed by atoms with van der Waals surface area (Å²) in [6, 6.07) is 9.54. The fourth-order valence-electron chi connectivity index (χ4n) is 1.26. The summed E-state index contributed by atoms with van der Waals surface area (Å²) >= 11 is 11.2. The zero-order valence-corrected chi connectivity index (χ0v) is 10.1. The van der Waals surface area contributed by atoms with Crippen molar-refractivity contribution in [3.63, 3.8) is 0 Å². The number of carbonyl (C=O) groups excluding carboxylic acids is 1. The largest absolute Gasteiger partial charge is 0.276 e. The molecule has 0 N–H and O–H groups in total. The van der Waals surface area contributed by atoms with E-state index in [4.69, 9.17) is 11.6 Å². The van der Waals surface area contributed by atoms with E-state index in [0.29, 0.717) is 5.56 Å². The second-order valence-electron chi connectivity index (χ2n) is 2.99. The van der Waals surface area contributed by atoms with Gasteiger partial charge in [0.2, 0.25) is 0 Å². The Hall–Kier alpha value is -0.770. The molecule has 0 spiro atoms. The van der Waals surface area contributed by atoms with Crippen LogP contribution in [0.2, 0.25) is 0 Å². The predicted molar refractivity (Wildman–Crippen MR) is 67.2 cm³/mol. The van der Waals surface area contributed by atoms with Gasteiger partial charge in [0.25, 0.3) is 5.24 Å². The molecule has 0 aliphatic heterocycles. The summed E-state index contributed by atoms with van der Waals surface area (Å²) in [4.78, 5) is 12.8. The molecule has 0 bridgehead atoms. The van der Waals surface area contributed by atoms with E-state index in [-0.39, 0.29) is 0 Å². The Kier molecular flexibility index (Phi) is 3.14. The van der Waals surface area contributed by atoms with Crippen LogP contribution in [0.5, 0.6) is 0 Å². The molecule has 0 saturated heterocycles. The smallest absolute Gasteiger partial charge is 0.253 e. The van der Waals surface area contributed by atoms with Crippen LogP contribution in [0.1, 0.15) is 10.4 Å². The van der Waals surface area contributed by atoms with Crippen LogP contribution in [0.15, 0.2) is 40.6 Å². The highest BCUT2D eigenvalue weighted by Gasteiger charge is 2.08. The Balaban J connectivity index is 2.46. The lowest BCUT2D eigenvalue weighted by atomic mass is 10.2. The van der Waals surface area contributed by atoms with Crippen molar-refractivity contribution in [2.75, 3.05) is 0 Å². The number of halogens is 1. The number of rotatable bonds is 2. The van der Waals surface area contributed by atoms with Crippen LogP contribution in [-0.4, -0.2) is 5.24 Å². The van der Waals surface area contributed by atoms with Gasteiger partial charge in [-0.15, -0.1) is 24.0 Å². The van der Waals surface area contributed by atoms with E-state index in [1.165, 1.54) is 11.3 Å². The molecule has 0 radical (unpaired) electrons. The molecule has 1 heterocycles. The lowest BCUT2D eigenvalue weighted by Crippen LogP contribution is -1.82. The molecule has 2 aromatic rings. The number of hydrogen-bond acceptors (Lipinski definition) is 3. The van der Waals surface area contributed by atoms with E-state index >= 15 is 0 Å². The topological polar surface area (TPSA) is 17.1 Å². The van der Waals surface area contributed by atoms with Crippen LogP contribution in [0.3, 0.4) is 0 Å². The van der Waals surface area contributed by atoms with E-state index in [1.54, 1.807) is 11.4 Å². The Morgan fingerprint density at radius 3 is 2.67 bits per heavy atom. The first-order valence-corrected chi connectivity index (χ1v) is 5.95. The van der Waals surface area contributed by atoms with Gasteiger partial charge in [-0.05, 0) is 23.7 Å². The normalized spacial score (nSPS) is 10.3. The number of benzene rings is 1. The maximum Gasteiger partial charge on any atom is 0.253 e. The van der Waals surface area contributed by atoms with Gasteiger partial charge in [-0.2, -0.15) is 0 Å². The van der Waals surface area contributed by atoms with Crippen LogP contribution < -0.4 is 0 Å². The number of thiol groups is 1. The Morgan fingerprint density at radius 2 is 2.07 bits per heavy atom. The third-order valence-corrected chi connectivity index (χ3v) is 3.57. The summed E-state index contributed by atoms with van der Waals surface area (Å²) in [5.74, 6) is 0. The van der Waals surface area contributed by atoms with Crippen LogP contribution in [0.4, 0.5) is 0 Å². The summed E-state index contributed by atoms with van der Waals surface area (Å²) in [7, 11) is 0. The minimum absolute atomic E-state index is 0.422. The van der Waals surface area contributed by atoms with E-state index in [1.807, 2.05) is 24.3 Å². The molecule has 0 atom stereocenters. The highest BCUT2D eigenvalue weighted by atomic mass is 35.5. The van der Waals surface area contributed by atoms with Gasteiger partial charge in [0, 0.05) is 26.3 Å². The van der Waals surface area contributed by atoms with Gasteiger partial charge in [-0.25, -0.2) is 0 Å². The minimum atomic E-state index is -0.422. The third kappa shape index (κ3) is 2.25.